The van der Waals surface area contributed by atoms with E-state index in [0.29, 0.717) is 5.69 Å². The third-order valence-electron chi connectivity index (χ3n) is 3.92. The van der Waals surface area contributed by atoms with Gasteiger partial charge in [-0.15, -0.1) is 0 Å². The Morgan fingerprint density at radius 2 is 1.88 bits per heavy atom. The summed E-state index contributed by atoms with van der Waals surface area (Å²) in [6.45, 7) is 9.81. The minimum Gasteiger partial charge on any atom is -0.378 e. The second kappa shape index (κ2) is 6.43. The normalized spacial score (nSPS) is 13.4. The van der Waals surface area contributed by atoms with E-state index in [1.165, 1.54) is 12.1 Å². The molecule has 0 aliphatic rings. The van der Waals surface area contributed by atoms with Gasteiger partial charge in [-0.05, 0) is 52.8 Å². The molecule has 1 N–H and O–H groups in total. The minimum absolute atomic E-state index is 0.180. The molecule has 0 saturated heterocycles. The van der Waals surface area contributed by atoms with Crippen LogP contribution in [-0.4, -0.2) is 9.78 Å². The molecule has 0 radical (unpaired) electrons. The number of hydrogen-bond donors (Lipinski definition) is 1. The van der Waals surface area contributed by atoms with Crippen LogP contribution in [0.25, 0.3) is 0 Å². The summed E-state index contributed by atoms with van der Waals surface area (Å²) in [7, 11) is 0. The Morgan fingerprint density at radius 3 is 2.36 bits per heavy atom. The molecule has 0 fully saturated rings. The van der Waals surface area contributed by atoms with E-state index in [-0.39, 0.29) is 17.1 Å². The first kappa shape index (κ1) is 18.8. The molecule has 0 bridgehead atoms. The molecule has 0 saturated carbocycles. The average Bonchev–Trinajstić information content (AvgIpc) is 2.88. The van der Waals surface area contributed by atoms with Crippen molar-refractivity contribution in [3.05, 3.63) is 46.8 Å². The fourth-order valence-electron chi connectivity index (χ4n) is 2.54. The van der Waals surface area contributed by atoms with Gasteiger partial charge in [0.15, 0.2) is 0 Å². The minimum atomic E-state index is -4.57. The van der Waals surface area contributed by atoms with Gasteiger partial charge in [-0.3, -0.25) is 4.68 Å². The van der Waals surface area contributed by atoms with Crippen LogP contribution in [0.1, 0.15) is 56.1 Å². The summed E-state index contributed by atoms with van der Waals surface area (Å²) >= 11 is 0. The van der Waals surface area contributed by atoms with Crippen LogP contribution in [0.4, 0.5) is 18.9 Å². The lowest BCUT2D eigenvalue weighted by Crippen LogP contribution is -2.22. The lowest BCUT2D eigenvalue weighted by atomic mass is 10.1. The second-order valence-corrected chi connectivity index (χ2v) is 7.02. The van der Waals surface area contributed by atoms with Crippen molar-refractivity contribution in [2.45, 2.75) is 52.4 Å². The van der Waals surface area contributed by atoms with Gasteiger partial charge in [0, 0.05) is 17.4 Å². The maximum absolute atomic E-state index is 13.1. The van der Waals surface area contributed by atoms with Crippen molar-refractivity contribution in [2.75, 3.05) is 5.32 Å². The zero-order valence-corrected chi connectivity index (χ0v) is 14.9. The van der Waals surface area contributed by atoms with E-state index >= 15 is 0 Å². The fourth-order valence-corrected chi connectivity index (χ4v) is 2.54. The van der Waals surface area contributed by atoms with E-state index in [1.807, 2.05) is 45.5 Å². The Hall–Kier alpha value is -2.49. The zero-order chi connectivity index (χ0) is 19.0. The van der Waals surface area contributed by atoms with Crippen LogP contribution >= 0.6 is 0 Å². The van der Waals surface area contributed by atoms with Crippen LogP contribution in [0.3, 0.4) is 0 Å². The Morgan fingerprint density at radius 1 is 1.24 bits per heavy atom. The van der Waals surface area contributed by atoms with Gasteiger partial charge < -0.3 is 5.32 Å². The number of aryl methyl sites for hydroxylation is 1. The predicted molar refractivity (Wildman–Crippen MR) is 90.2 cm³/mol. The summed E-state index contributed by atoms with van der Waals surface area (Å²) in [6, 6.07) is 4.99. The number of halogens is 3. The second-order valence-electron chi connectivity index (χ2n) is 7.02. The number of hydrogen-bond acceptors (Lipinski definition) is 3. The Kier molecular flexibility index (Phi) is 4.85. The lowest BCUT2D eigenvalue weighted by Gasteiger charge is -2.19. The summed E-state index contributed by atoms with van der Waals surface area (Å²) in [5.41, 5.74) is 0.534. The number of alkyl halides is 3. The standard InChI is InChI=1S/C18H21F3N4/c1-11(15-10-25(17(3,4)5)24-12(15)2)23-14-7-6-13(9-22)16(8-14)18(19,20)21/h6-8,10-11,23H,1-5H3. The van der Waals surface area contributed by atoms with Crippen molar-refractivity contribution >= 4 is 5.69 Å². The smallest absolute Gasteiger partial charge is 0.378 e. The molecule has 7 heteroatoms. The van der Waals surface area contributed by atoms with E-state index in [1.54, 1.807) is 6.07 Å². The molecule has 0 aliphatic carbocycles. The number of nitrogens with one attached hydrogen (secondary N) is 1. The molecule has 2 rings (SSSR count). The molecule has 134 valence electrons. The van der Waals surface area contributed by atoms with Gasteiger partial charge in [-0.25, -0.2) is 0 Å². The Labute approximate surface area is 145 Å². The van der Waals surface area contributed by atoms with Gasteiger partial charge >= 0.3 is 6.18 Å². The molecule has 1 aromatic carbocycles. The molecule has 2 aromatic rings. The number of anilines is 1. The fraction of sp³-hybridized carbons (Fsp3) is 0.444. The van der Waals surface area contributed by atoms with E-state index in [9.17, 15) is 13.2 Å². The highest BCUT2D eigenvalue weighted by Crippen LogP contribution is 2.34. The molecular formula is C18H21F3N4. The van der Waals surface area contributed by atoms with Crippen LogP contribution < -0.4 is 5.32 Å². The van der Waals surface area contributed by atoms with Crippen LogP contribution in [0.2, 0.25) is 0 Å². The number of aromatic nitrogens is 2. The van der Waals surface area contributed by atoms with E-state index in [4.69, 9.17) is 5.26 Å². The number of nitrogens with zero attached hydrogens (tertiary/aromatic N) is 3. The highest BCUT2D eigenvalue weighted by atomic mass is 19.4. The van der Waals surface area contributed by atoms with E-state index < -0.39 is 11.7 Å². The molecule has 25 heavy (non-hydrogen) atoms. The van der Waals surface area contributed by atoms with E-state index in [2.05, 4.69) is 10.4 Å². The quantitative estimate of drug-likeness (QED) is 0.846. The van der Waals surface area contributed by atoms with Gasteiger partial charge in [0.25, 0.3) is 0 Å². The number of nitriles is 1. The van der Waals surface area contributed by atoms with Crippen LogP contribution in [0, 0.1) is 18.3 Å². The first-order chi connectivity index (χ1) is 11.4. The third kappa shape index (κ3) is 4.13. The molecule has 0 spiro atoms. The van der Waals surface area contributed by atoms with Crippen LogP contribution in [0.5, 0.6) is 0 Å². The summed E-state index contributed by atoms with van der Waals surface area (Å²) in [6.07, 6.45) is -2.67. The van der Waals surface area contributed by atoms with Crippen molar-refractivity contribution in [3.8, 4) is 6.07 Å². The van der Waals surface area contributed by atoms with Gasteiger partial charge in [-0.2, -0.15) is 23.5 Å². The van der Waals surface area contributed by atoms with Crippen LogP contribution in [0.15, 0.2) is 24.4 Å². The first-order valence-corrected chi connectivity index (χ1v) is 7.88. The Bertz CT molecular complexity index is 807. The molecule has 1 aromatic heterocycles. The summed E-state index contributed by atoms with van der Waals surface area (Å²) in [4.78, 5) is 0. The average molecular weight is 350 g/mol. The highest BCUT2D eigenvalue weighted by Gasteiger charge is 2.34. The molecule has 1 unspecified atom stereocenters. The molecule has 4 nitrogen and oxygen atoms in total. The molecule has 0 aliphatic heterocycles. The summed E-state index contributed by atoms with van der Waals surface area (Å²) in [5, 5.41) is 16.4. The summed E-state index contributed by atoms with van der Waals surface area (Å²) in [5.74, 6) is 0. The van der Waals surface area contributed by atoms with Gasteiger partial charge in [-0.1, -0.05) is 0 Å². The van der Waals surface area contributed by atoms with Crippen molar-refractivity contribution in [1.29, 1.82) is 5.26 Å². The first-order valence-electron chi connectivity index (χ1n) is 7.88. The van der Waals surface area contributed by atoms with Crippen molar-refractivity contribution in [2.24, 2.45) is 0 Å². The van der Waals surface area contributed by atoms with Gasteiger partial charge in [0.2, 0.25) is 0 Å². The van der Waals surface area contributed by atoms with Crippen LogP contribution in [-0.2, 0) is 11.7 Å². The number of rotatable bonds is 3. The number of benzene rings is 1. The third-order valence-corrected chi connectivity index (χ3v) is 3.92. The largest absolute Gasteiger partial charge is 0.417 e. The molecule has 1 heterocycles. The van der Waals surface area contributed by atoms with Crippen molar-refractivity contribution in [1.82, 2.24) is 9.78 Å². The topological polar surface area (TPSA) is 53.6 Å². The monoisotopic (exact) mass is 350 g/mol. The zero-order valence-electron chi connectivity index (χ0n) is 14.9. The maximum atomic E-state index is 13.1. The SMILES string of the molecule is Cc1nn(C(C)(C)C)cc1C(C)Nc1ccc(C#N)c(C(F)(F)F)c1. The predicted octanol–water partition coefficient (Wildman–Crippen LogP) is 5.01. The van der Waals surface area contributed by atoms with Gasteiger partial charge in [0.05, 0.1) is 34.5 Å². The van der Waals surface area contributed by atoms with E-state index in [0.717, 1.165) is 17.3 Å². The molecule has 1 atom stereocenters. The maximum Gasteiger partial charge on any atom is 0.417 e. The Balaban J connectivity index is 2.32. The van der Waals surface area contributed by atoms with Crippen molar-refractivity contribution < 1.29 is 13.2 Å². The molecular weight excluding hydrogens is 329 g/mol. The molecule has 0 amide bonds. The van der Waals surface area contributed by atoms with Gasteiger partial charge in [0.1, 0.15) is 0 Å². The summed E-state index contributed by atoms with van der Waals surface area (Å²) < 4.78 is 41.1. The lowest BCUT2D eigenvalue weighted by molar-refractivity contribution is -0.137. The van der Waals surface area contributed by atoms with Crippen molar-refractivity contribution in [3.63, 3.8) is 0 Å². The highest BCUT2D eigenvalue weighted by molar-refractivity contribution is 5.54.